The summed E-state index contributed by atoms with van der Waals surface area (Å²) in [5.41, 5.74) is 5.59. The summed E-state index contributed by atoms with van der Waals surface area (Å²) in [6, 6.07) is 0.473. The Balaban J connectivity index is -0.000000152. The number of hydrogen-bond acceptors (Lipinski definition) is 2. The van der Waals surface area contributed by atoms with Gasteiger partial charge in [0.25, 0.3) is 0 Å². The van der Waals surface area contributed by atoms with Gasteiger partial charge in [0.05, 0.1) is 0 Å². The van der Waals surface area contributed by atoms with Gasteiger partial charge in [0.15, 0.2) is 0 Å². The first-order valence-corrected chi connectivity index (χ1v) is 5.36. The summed E-state index contributed by atoms with van der Waals surface area (Å²) in [4.78, 5) is 0. The van der Waals surface area contributed by atoms with E-state index in [1.165, 1.54) is 0 Å². The monoisotopic (exact) mass is 275 g/mol. The van der Waals surface area contributed by atoms with Crippen LogP contribution in [0.5, 0.6) is 0 Å². The van der Waals surface area contributed by atoms with Crippen LogP contribution >= 0.6 is 0 Å². The van der Waals surface area contributed by atoms with Crippen LogP contribution in [0, 0.1) is 13.8 Å². The van der Waals surface area contributed by atoms with Crippen molar-refractivity contribution in [1.82, 2.24) is 5.32 Å². The Hall–Kier alpha value is 1.02. The summed E-state index contributed by atoms with van der Waals surface area (Å²) in [5, 5.41) is 3.24. The first kappa shape index (κ1) is 20.4. The molecule has 0 aromatic rings. The van der Waals surface area contributed by atoms with Gasteiger partial charge in [0.2, 0.25) is 0 Å². The van der Waals surface area contributed by atoms with Gasteiger partial charge in [-0.15, -0.1) is 0 Å². The molecule has 1 radical (unpaired) electrons. The second-order valence-electron chi connectivity index (χ2n) is 2.79. The van der Waals surface area contributed by atoms with Crippen molar-refractivity contribution in [2.75, 3.05) is 13.1 Å². The SMILES string of the molecule is CC.NC1CCNCC1.[CH2-]CC[CH2-].[Y]. The molecule has 1 aliphatic heterocycles. The molecule has 14 heavy (non-hydrogen) atoms. The summed E-state index contributed by atoms with van der Waals surface area (Å²) < 4.78 is 0. The molecular formula is C11H26N2Y-2. The third kappa shape index (κ3) is 18.7. The van der Waals surface area contributed by atoms with Crippen LogP contribution in [0.1, 0.15) is 39.5 Å². The van der Waals surface area contributed by atoms with E-state index in [0.717, 1.165) is 38.8 Å². The second-order valence-corrected chi connectivity index (χ2v) is 2.79. The quantitative estimate of drug-likeness (QED) is 0.720. The molecule has 1 rings (SSSR count). The molecule has 0 spiro atoms. The normalized spacial score (nSPS) is 15.2. The third-order valence-corrected chi connectivity index (χ3v) is 1.63. The maximum Gasteiger partial charge on any atom is 0.00629 e. The topological polar surface area (TPSA) is 38.0 Å². The fourth-order valence-electron chi connectivity index (χ4n) is 0.844. The molecule has 2 nitrogen and oxygen atoms in total. The van der Waals surface area contributed by atoms with Gasteiger partial charge in [-0.3, -0.25) is 0 Å². The molecule has 0 unspecified atom stereocenters. The van der Waals surface area contributed by atoms with E-state index in [1.54, 1.807) is 0 Å². The van der Waals surface area contributed by atoms with E-state index in [1.807, 2.05) is 13.8 Å². The Bertz CT molecular complexity index is 71.7. The Morgan fingerprint density at radius 1 is 1.14 bits per heavy atom. The number of hydrogen-bond donors (Lipinski definition) is 2. The molecule has 3 N–H and O–H groups in total. The molecule has 1 aliphatic rings. The van der Waals surface area contributed by atoms with Gasteiger partial charge in [-0.05, 0) is 25.9 Å². The summed E-state index contributed by atoms with van der Waals surface area (Å²) in [5.74, 6) is 0. The Morgan fingerprint density at radius 2 is 1.50 bits per heavy atom. The van der Waals surface area contributed by atoms with E-state index < -0.39 is 0 Å². The molecule has 0 aromatic carbocycles. The molecule has 0 aromatic heterocycles. The fourth-order valence-corrected chi connectivity index (χ4v) is 0.844. The van der Waals surface area contributed by atoms with Gasteiger partial charge in [-0.25, -0.2) is 12.8 Å². The first-order valence-electron chi connectivity index (χ1n) is 5.36. The van der Waals surface area contributed by atoms with Crippen molar-refractivity contribution >= 4 is 0 Å². The van der Waals surface area contributed by atoms with E-state index in [9.17, 15) is 0 Å². The molecule has 1 saturated heterocycles. The molecule has 1 heterocycles. The Morgan fingerprint density at radius 3 is 1.64 bits per heavy atom. The molecule has 85 valence electrons. The third-order valence-electron chi connectivity index (χ3n) is 1.63. The van der Waals surface area contributed by atoms with Gasteiger partial charge in [-0.1, -0.05) is 13.8 Å². The van der Waals surface area contributed by atoms with Crippen LogP contribution in [-0.2, 0) is 32.7 Å². The van der Waals surface area contributed by atoms with E-state index in [0.29, 0.717) is 6.04 Å². The number of nitrogens with two attached hydrogens (primary N) is 1. The summed E-state index contributed by atoms with van der Waals surface area (Å²) in [6.45, 7) is 13.3. The zero-order valence-corrected chi connectivity index (χ0v) is 12.7. The fraction of sp³-hybridized carbons (Fsp3) is 0.818. The zero-order valence-electron chi connectivity index (χ0n) is 9.89. The Kier molecular flexibility index (Phi) is 28.6. The maximum absolute atomic E-state index is 5.59. The summed E-state index contributed by atoms with van der Waals surface area (Å²) in [7, 11) is 0. The second kappa shape index (κ2) is 19.6. The van der Waals surface area contributed by atoms with Gasteiger partial charge < -0.3 is 24.9 Å². The Labute approximate surface area is 116 Å². The molecule has 0 aliphatic carbocycles. The minimum Gasteiger partial charge on any atom is -0.346 e. The van der Waals surface area contributed by atoms with Crippen molar-refractivity contribution in [3.05, 3.63) is 13.8 Å². The van der Waals surface area contributed by atoms with Crippen LogP contribution in [0.15, 0.2) is 0 Å². The number of nitrogens with one attached hydrogen (secondary N) is 1. The van der Waals surface area contributed by atoms with Crippen LogP contribution in [-0.4, -0.2) is 19.1 Å². The molecule has 0 bridgehead atoms. The van der Waals surface area contributed by atoms with Crippen LogP contribution in [0.25, 0.3) is 0 Å². The van der Waals surface area contributed by atoms with E-state index in [4.69, 9.17) is 5.73 Å². The molecule has 3 heteroatoms. The number of piperidine rings is 1. The summed E-state index contributed by atoms with van der Waals surface area (Å²) >= 11 is 0. The van der Waals surface area contributed by atoms with Crippen molar-refractivity contribution in [3.63, 3.8) is 0 Å². The van der Waals surface area contributed by atoms with E-state index in [2.05, 4.69) is 19.2 Å². The average molecular weight is 275 g/mol. The molecule has 1 fully saturated rings. The maximum atomic E-state index is 5.59. The van der Waals surface area contributed by atoms with E-state index in [-0.39, 0.29) is 32.7 Å². The first-order chi connectivity index (χ1) is 6.31. The van der Waals surface area contributed by atoms with Crippen LogP contribution in [0.4, 0.5) is 0 Å². The van der Waals surface area contributed by atoms with Crippen molar-refractivity contribution in [2.24, 2.45) is 5.73 Å². The van der Waals surface area contributed by atoms with Crippen molar-refractivity contribution in [2.45, 2.75) is 45.6 Å². The molecule has 0 atom stereocenters. The predicted molar refractivity (Wildman–Crippen MR) is 61.4 cm³/mol. The molecule has 0 saturated carbocycles. The average Bonchev–Trinajstić information content (AvgIpc) is 2.22. The van der Waals surface area contributed by atoms with Crippen molar-refractivity contribution in [3.8, 4) is 0 Å². The smallest absolute Gasteiger partial charge is 0.00629 e. The minimum absolute atomic E-state index is 0. The van der Waals surface area contributed by atoms with Gasteiger partial charge >= 0.3 is 0 Å². The van der Waals surface area contributed by atoms with Crippen LogP contribution in [0.3, 0.4) is 0 Å². The zero-order chi connectivity index (χ0) is 10.5. The predicted octanol–water partition coefficient (Wildman–Crippen LogP) is 2.16. The van der Waals surface area contributed by atoms with Crippen LogP contribution in [0.2, 0.25) is 0 Å². The standard InChI is InChI=1S/C5H12N2.C4H8.C2H6.Y/c6-5-1-3-7-4-2-5;1-3-4-2;1-2;/h5,7H,1-4,6H2;1-4H2;1-2H3;/q;-2;;. The van der Waals surface area contributed by atoms with Gasteiger partial charge in [-0.2, -0.15) is 0 Å². The van der Waals surface area contributed by atoms with Crippen molar-refractivity contribution in [1.29, 1.82) is 0 Å². The van der Waals surface area contributed by atoms with E-state index >= 15 is 0 Å². The van der Waals surface area contributed by atoms with Gasteiger partial charge in [0.1, 0.15) is 0 Å². The summed E-state index contributed by atoms with van der Waals surface area (Å²) in [6.07, 6.45) is 4.22. The van der Waals surface area contributed by atoms with Crippen molar-refractivity contribution < 1.29 is 32.7 Å². The minimum atomic E-state index is 0. The van der Waals surface area contributed by atoms with Gasteiger partial charge in [0, 0.05) is 38.8 Å². The molecular weight excluding hydrogens is 249 g/mol. The largest absolute Gasteiger partial charge is 0.346 e. The number of rotatable bonds is 1. The number of unbranched alkanes of at least 4 members (excludes halogenated alkanes) is 1. The van der Waals surface area contributed by atoms with Crippen LogP contribution < -0.4 is 11.1 Å². The molecule has 0 amide bonds.